The Balaban J connectivity index is 1.80. The maximum absolute atomic E-state index is 5.77. The van der Waals surface area contributed by atoms with Crippen LogP contribution < -0.4 is 4.74 Å². The van der Waals surface area contributed by atoms with Crippen molar-refractivity contribution < 1.29 is 14.2 Å². The normalized spacial score (nSPS) is 29.2. The molecule has 0 aromatic heterocycles. The van der Waals surface area contributed by atoms with Crippen molar-refractivity contribution in [2.24, 2.45) is 0 Å². The molecule has 1 heterocycles. The summed E-state index contributed by atoms with van der Waals surface area (Å²) in [5.41, 5.74) is 0. The monoisotopic (exact) mass is 222 g/mol. The lowest BCUT2D eigenvalue weighted by Crippen LogP contribution is -2.29. The zero-order chi connectivity index (χ0) is 11.4. The van der Waals surface area contributed by atoms with Gasteiger partial charge in [-0.25, -0.2) is 0 Å². The molecule has 2 rings (SSSR count). The number of hydrogen-bond acceptors (Lipinski definition) is 3. The van der Waals surface area contributed by atoms with E-state index in [0.717, 1.165) is 18.6 Å². The number of ether oxygens (including phenoxy) is 3. The van der Waals surface area contributed by atoms with Crippen LogP contribution >= 0.6 is 0 Å². The van der Waals surface area contributed by atoms with Crippen LogP contribution in [0.3, 0.4) is 0 Å². The molecule has 1 aliphatic rings. The van der Waals surface area contributed by atoms with E-state index in [0.29, 0.717) is 6.61 Å². The van der Waals surface area contributed by atoms with Crippen molar-refractivity contribution in [2.45, 2.75) is 31.7 Å². The Bertz CT molecular complexity index is 325. The molecule has 0 saturated carbocycles. The first-order chi connectivity index (χ1) is 7.72. The molecule has 1 saturated heterocycles. The number of para-hydroxylation sites is 1. The van der Waals surface area contributed by atoms with Crippen LogP contribution in [-0.4, -0.2) is 25.6 Å². The molecule has 88 valence electrons. The molecule has 0 amide bonds. The van der Waals surface area contributed by atoms with E-state index >= 15 is 0 Å². The standard InChI is InChI=1S/C13H18O3/c1-13(14-2)9-8-12(16-13)10-15-11-6-4-3-5-7-11/h3-7,12H,8-10H2,1-2H3. The average molecular weight is 222 g/mol. The van der Waals surface area contributed by atoms with Crippen LogP contribution in [0.2, 0.25) is 0 Å². The SMILES string of the molecule is COC1(C)CCC(COc2ccccc2)O1. The second kappa shape index (κ2) is 4.85. The first-order valence-electron chi connectivity index (χ1n) is 5.63. The van der Waals surface area contributed by atoms with Crippen LogP contribution in [0, 0.1) is 0 Å². The van der Waals surface area contributed by atoms with Gasteiger partial charge in [0.2, 0.25) is 0 Å². The Hall–Kier alpha value is -1.06. The second-order valence-corrected chi connectivity index (χ2v) is 4.24. The van der Waals surface area contributed by atoms with Crippen molar-refractivity contribution in [1.82, 2.24) is 0 Å². The van der Waals surface area contributed by atoms with Gasteiger partial charge in [0.25, 0.3) is 0 Å². The molecule has 3 heteroatoms. The molecule has 1 fully saturated rings. The highest BCUT2D eigenvalue weighted by molar-refractivity contribution is 5.20. The topological polar surface area (TPSA) is 27.7 Å². The lowest BCUT2D eigenvalue weighted by molar-refractivity contribution is -0.202. The molecule has 2 unspecified atom stereocenters. The van der Waals surface area contributed by atoms with E-state index in [1.165, 1.54) is 0 Å². The molecule has 0 bridgehead atoms. The predicted molar refractivity (Wildman–Crippen MR) is 61.5 cm³/mol. The first kappa shape index (κ1) is 11.4. The zero-order valence-corrected chi connectivity index (χ0v) is 9.81. The molecular weight excluding hydrogens is 204 g/mol. The molecule has 1 aliphatic heterocycles. The average Bonchev–Trinajstić information content (AvgIpc) is 2.71. The minimum atomic E-state index is -0.426. The van der Waals surface area contributed by atoms with E-state index in [4.69, 9.17) is 14.2 Å². The molecule has 0 radical (unpaired) electrons. The van der Waals surface area contributed by atoms with E-state index in [1.54, 1.807) is 7.11 Å². The fourth-order valence-corrected chi connectivity index (χ4v) is 1.87. The van der Waals surface area contributed by atoms with Crippen molar-refractivity contribution in [3.63, 3.8) is 0 Å². The smallest absolute Gasteiger partial charge is 0.165 e. The lowest BCUT2D eigenvalue weighted by Gasteiger charge is -2.22. The second-order valence-electron chi connectivity index (χ2n) is 4.24. The molecular formula is C13H18O3. The van der Waals surface area contributed by atoms with Crippen LogP contribution in [-0.2, 0) is 9.47 Å². The summed E-state index contributed by atoms with van der Waals surface area (Å²) >= 11 is 0. The van der Waals surface area contributed by atoms with Crippen LogP contribution in [0.4, 0.5) is 0 Å². The summed E-state index contributed by atoms with van der Waals surface area (Å²) in [5, 5.41) is 0. The largest absolute Gasteiger partial charge is 0.491 e. The van der Waals surface area contributed by atoms with Crippen molar-refractivity contribution in [2.75, 3.05) is 13.7 Å². The molecule has 0 spiro atoms. The molecule has 1 aromatic rings. The summed E-state index contributed by atoms with van der Waals surface area (Å²) in [5.74, 6) is 0.460. The van der Waals surface area contributed by atoms with Crippen LogP contribution in [0.1, 0.15) is 19.8 Å². The van der Waals surface area contributed by atoms with Crippen molar-refractivity contribution >= 4 is 0 Å². The summed E-state index contributed by atoms with van der Waals surface area (Å²) in [6, 6.07) is 9.80. The Kier molecular flexibility index (Phi) is 3.46. The predicted octanol–water partition coefficient (Wildman–Crippen LogP) is 2.61. The fraction of sp³-hybridized carbons (Fsp3) is 0.538. The van der Waals surface area contributed by atoms with Gasteiger partial charge in [0.1, 0.15) is 12.4 Å². The minimum Gasteiger partial charge on any atom is -0.491 e. The van der Waals surface area contributed by atoms with Crippen molar-refractivity contribution in [3.8, 4) is 5.75 Å². The van der Waals surface area contributed by atoms with Gasteiger partial charge in [-0.05, 0) is 25.5 Å². The van der Waals surface area contributed by atoms with Gasteiger partial charge in [-0.15, -0.1) is 0 Å². The van der Waals surface area contributed by atoms with Crippen LogP contribution in [0.5, 0.6) is 5.75 Å². The van der Waals surface area contributed by atoms with E-state index in [1.807, 2.05) is 37.3 Å². The van der Waals surface area contributed by atoms with Gasteiger partial charge in [-0.2, -0.15) is 0 Å². The highest BCUT2D eigenvalue weighted by Crippen LogP contribution is 2.30. The molecule has 0 aliphatic carbocycles. The van der Waals surface area contributed by atoms with Gasteiger partial charge in [0.15, 0.2) is 5.79 Å². The zero-order valence-electron chi connectivity index (χ0n) is 9.81. The Morgan fingerprint density at radius 3 is 2.75 bits per heavy atom. The Morgan fingerprint density at radius 1 is 1.38 bits per heavy atom. The van der Waals surface area contributed by atoms with Gasteiger partial charge in [0, 0.05) is 13.5 Å². The number of benzene rings is 1. The van der Waals surface area contributed by atoms with Crippen LogP contribution in [0.15, 0.2) is 30.3 Å². The van der Waals surface area contributed by atoms with Crippen molar-refractivity contribution in [3.05, 3.63) is 30.3 Å². The first-order valence-corrected chi connectivity index (χ1v) is 5.63. The van der Waals surface area contributed by atoms with E-state index in [-0.39, 0.29) is 6.10 Å². The third-order valence-electron chi connectivity index (χ3n) is 2.95. The summed E-state index contributed by atoms with van der Waals surface area (Å²) in [6.07, 6.45) is 2.04. The quantitative estimate of drug-likeness (QED) is 0.783. The molecule has 1 aromatic carbocycles. The van der Waals surface area contributed by atoms with Crippen LogP contribution in [0.25, 0.3) is 0 Å². The van der Waals surface area contributed by atoms with Gasteiger partial charge in [-0.3, -0.25) is 0 Å². The highest BCUT2D eigenvalue weighted by atomic mass is 16.7. The van der Waals surface area contributed by atoms with Gasteiger partial charge >= 0.3 is 0 Å². The Morgan fingerprint density at radius 2 is 2.12 bits per heavy atom. The molecule has 2 atom stereocenters. The maximum Gasteiger partial charge on any atom is 0.165 e. The van der Waals surface area contributed by atoms with E-state index in [9.17, 15) is 0 Å². The molecule has 3 nitrogen and oxygen atoms in total. The molecule has 0 N–H and O–H groups in total. The third-order valence-corrected chi connectivity index (χ3v) is 2.95. The highest BCUT2D eigenvalue weighted by Gasteiger charge is 2.36. The van der Waals surface area contributed by atoms with Gasteiger partial charge < -0.3 is 14.2 Å². The minimum absolute atomic E-state index is 0.130. The molecule has 16 heavy (non-hydrogen) atoms. The maximum atomic E-state index is 5.77. The van der Waals surface area contributed by atoms with Crippen molar-refractivity contribution in [1.29, 1.82) is 0 Å². The summed E-state index contributed by atoms with van der Waals surface area (Å²) in [6.45, 7) is 2.55. The summed E-state index contributed by atoms with van der Waals surface area (Å²) in [7, 11) is 1.68. The van der Waals surface area contributed by atoms with E-state index < -0.39 is 5.79 Å². The summed E-state index contributed by atoms with van der Waals surface area (Å²) in [4.78, 5) is 0. The van der Waals surface area contributed by atoms with E-state index in [2.05, 4.69) is 0 Å². The summed E-state index contributed by atoms with van der Waals surface area (Å²) < 4.78 is 16.7. The third kappa shape index (κ3) is 2.74. The Labute approximate surface area is 96.3 Å². The lowest BCUT2D eigenvalue weighted by atomic mass is 10.2. The van der Waals surface area contributed by atoms with Gasteiger partial charge in [-0.1, -0.05) is 18.2 Å². The number of rotatable bonds is 4. The number of methoxy groups -OCH3 is 1. The fourth-order valence-electron chi connectivity index (χ4n) is 1.87. The van der Waals surface area contributed by atoms with Gasteiger partial charge in [0.05, 0.1) is 6.10 Å². The number of hydrogen-bond donors (Lipinski definition) is 0.